The Morgan fingerprint density at radius 1 is 1.41 bits per heavy atom. The van der Waals surface area contributed by atoms with Crippen molar-refractivity contribution in [1.29, 1.82) is 0 Å². The van der Waals surface area contributed by atoms with E-state index in [1.165, 1.54) is 7.11 Å². The highest BCUT2D eigenvalue weighted by atomic mass is 16.6. The molecule has 0 bridgehead atoms. The Morgan fingerprint density at radius 2 is 2.00 bits per heavy atom. The van der Waals surface area contributed by atoms with Gasteiger partial charge in [-0.2, -0.15) is 0 Å². The summed E-state index contributed by atoms with van der Waals surface area (Å²) in [5.74, 6) is -0.400. The topological polar surface area (TPSA) is 76.7 Å². The van der Waals surface area contributed by atoms with Gasteiger partial charge in [0.2, 0.25) is 5.91 Å². The number of carbonyl (C=O) groups excluding carboxylic acids is 1. The van der Waals surface area contributed by atoms with Crippen molar-refractivity contribution < 1.29 is 9.63 Å². The van der Waals surface area contributed by atoms with Crippen LogP contribution in [0.15, 0.2) is 29.4 Å². The van der Waals surface area contributed by atoms with E-state index in [0.29, 0.717) is 0 Å². The largest absolute Gasteiger partial charge is 0.399 e. The maximum Gasteiger partial charge on any atom is 0.239 e. The van der Waals surface area contributed by atoms with E-state index in [4.69, 9.17) is 10.6 Å². The maximum atomic E-state index is 11.2. The number of nitrogens with two attached hydrogens (primary N) is 1. The molecule has 3 N–H and O–H groups in total. The van der Waals surface area contributed by atoms with Crippen LogP contribution in [0.1, 0.15) is 24.1 Å². The smallest absolute Gasteiger partial charge is 0.239 e. The number of oxime groups is 1. The van der Waals surface area contributed by atoms with E-state index in [2.05, 4.69) is 10.5 Å². The summed E-state index contributed by atoms with van der Waals surface area (Å²) >= 11 is 0. The fraction of sp³-hybridized carbons (Fsp3) is 0.333. The lowest BCUT2D eigenvalue weighted by Crippen LogP contribution is -2.31. The number of likely N-dealkylation sites (N-methyl/N-ethyl adjacent to an activating group) is 1. The van der Waals surface area contributed by atoms with Gasteiger partial charge in [-0.25, -0.2) is 0 Å². The highest BCUT2D eigenvalue weighted by Crippen LogP contribution is 2.13. The van der Waals surface area contributed by atoms with Crippen LogP contribution in [-0.2, 0) is 9.63 Å². The minimum Gasteiger partial charge on any atom is -0.399 e. The first-order chi connectivity index (χ1) is 8.10. The van der Waals surface area contributed by atoms with E-state index in [-0.39, 0.29) is 0 Å². The van der Waals surface area contributed by atoms with Crippen molar-refractivity contribution in [3.8, 4) is 0 Å². The molecule has 1 aromatic carbocycles. The molecule has 92 valence electrons. The third-order valence-corrected chi connectivity index (χ3v) is 2.46. The lowest BCUT2D eigenvalue weighted by atomic mass is 10.0. The molecule has 0 aliphatic rings. The zero-order valence-electron chi connectivity index (χ0n) is 10.2. The summed E-state index contributed by atoms with van der Waals surface area (Å²) in [4.78, 5) is 15.9. The quantitative estimate of drug-likeness (QED) is 0.585. The monoisotopic (exact) mass is 235 g/mol. The molecule has 1 aromatic rings. The van der Waals surface area contributed by atoms with Gasteiger partial charge in [-0.15, -0.1) is 0 Å². The number of nitrogens with one attached hydrogen (secondary N) is 1. The number of nitrogens with zero attached hydrogens (tertiary/aromatic N) is 1. The molecule has 0 fully saturated rings. The second kappa shape index (κ2) is 6.00. The molecule has 1 unspecified atom stereocenters. The van der Waals surface area contributed by atoms with Crippen molar-refractivity contribution in [2.75, 3.05) is 14.2 Å². The molecular weight excluding hydrogens is 218 g/mol. The molecule has 0 saturated heterocycles. The third kappa shape index (κ3) is 3.29. The zero-order chi connectivity index (χ0) is 12.8. The van der Waals surface area contributed by atoms with Gasteiger partial charge in [0.05, 0.1) is 5.71 Å². The molecule has 1 amide bonds. The van der Waals surface area contributed by atoms with Crippen LogP contribution in [0.3, 0.4) is 0 Å². The van der Waals surface area contributed by atoms with Crippen molar-refractivity contribution in [3.05, 3.63) is 35.4 Å². The number of hydrogen-bond acceptors (Lipinski definition) is 4. The molecule has 0 saturated carbocycles. The second-order valence-electron chi connectivity index (χ2n) is 3.61. The lowest BCUT2D eigenvalue weighted by Gasteiger charge is -2.12. The first kappa shape index (κ1) is 13.2. The number of hydrogen-bond donors (Lipinski definition) is 2. The number of carbonyl (C=O) groups is 1. The van der Waals surface area contributed by atoms with Gasteiger partial charge >= 0.3 is 0 Å². The van der Waals surface area contributed by atoms with Crippen LogP contribution in [0.5, 0.6) is 0 Å². The van der Waals surface area contributed by atoms with Crippen molar-refractivity contribution in [2.45, 2.75) is 13.0 Å². The van der Waals surface area contributed by atoms with Gasteiger partial charge in [-0.3, -0.25) is 4.79 Å². The molecule has 1 atom stereocenters. The molecule has 0 aliphatic carbocycles. The van der Waals surface area contributed by atoms with Gasteiger partial charge in [0.15, 0.2) is 0 Å². The summed E-state index contributed by atoms with van der Waals surface area (Å²) in [6.07, 6.45) is 0. The summed E-state index contributed by atoms with van der Waals surface area (Å²) in [5, 5.41) is 6.70. The van der Waals surface area contributed by atoms with Gasteiger partial charge in [0, 0.05) is 0 Å². The van der Waals surface area contributed by atoms with Gasteiger partial charge in [0.1, 0.15) is 13.2 Å². The van der Waals surface area contributed by atoms with Gasteiger partial charge in [-0.05, 0) is 25.1 Å². The first-order valence-electron chi connectivity index (χ1n) is 5.24. The molecule has 5 heteroatoms. The third-order valence-electron chi connectivity index (χ3n) is 2.46. The normalized spacial score (nSPS) is 13.2. The average Bonchev–Trinajstić information content (AvgIpc) is 2.30. The summed E-state index contributed by atoms with van der Waals surface area (Å²) < 4.78 is 0. The van der Waals surface area contributed by atoms with Crippen LogP contribution >= 0.6 is 0 Å². The Kier molecular flexibility index (Phi) is 4.66. The molecule has 17 heavy (non-hydrogen) atoms. The number of benzene rings is 1. The zero-order valence-corrected chi connectivity index (χ0v) is 10.2. The van der Waals surface area contributed by atoms with Crippen molar-refractivity contribution in [1.82, 2.24) is 5.32 Å². The van der Waals surface area contributed by atoms with Crippen LogP contribution < -0.4 is 11.1 Å². The van der Waals surface area contributed by atoms with Crippen molar-refractivity contribution >= 4 is 11.6 Å². The maximum absolute atomic E-state index is 11.2. The van der Waals surface area contributed by atoms with E-state index in [9.17, 15) is 4.79 Å². The van der Waals surface area contributed by atoms with Gasteiger partial charge in [0.25, 0.3) is 0 Å². The molecular formula is C12H17N3O2. The van der Waals surface area contributed by atoms with Gasteiger partial charge in [-0.1, -0.05) is 29.4 Å². The van der Waals surface area contributed by atoms with Crippen LogP contribution in [0.4, 0.5) is 0 Å². The standard InChI is InChI=1S/C12H17N3O2/c1-8(15-17-3)9-4-6-10(7-5-9)11(14-2)12(13)16/h4-7,11,14H,1-3H3,(H2,13,16)/b15-8-. The lowest BCUT2D eigenvalue weighted by molar-refractivity contribution is -0.120. The number of primary amides is 1. The highest BCUT2D eigenvalue weighted by molar-refractivity contribution is 5.98. The Hall–Kier alpha value is -1.88. The van der Waals surface area contributed by atoms with E-state index >= 15 is 0 Å². The van der Waals surface area contributed by atoms with Crippen LogP contribution in [0, 0.1) is 0 Å². The highest BCUT2D eigenvalue weighted by Gasteiger charge is 2.14. The minimum atomic E-state index is -0.469. The van der Waals surface area contributed by atoms with Gasteiger partial charge < -0.3 is 15.9 Å². The van der Waals surface area contributed by atoms with Crippen molar-refractivity contribution in [3.63, 3.8) is 0 Å². The SMILES string of the molecule is CNC(C(N)=O)c1ccc(/C(C)=N\OC)cc1. The molecule has 0 spiro atoms. The van der Waals surface area contributed by atoms with Crippen LogP contribution in [-0.4, -0.2) is 25.8 Å². The number of amides is 1. The summed E-state index contributed by atoms with van der Waals surface area (Å²) in [6.45, 7) is 1.85. The molecule has 0 aromatic heterocycles. The Morgan fingerprint density at radius 3 is 2.41 bits per heavy atom. The summed E-state index contributed by atoms with van der Waals surface area (Å²) in [7, 11) is 3.20. The predicted octanol–water partition coefficient (Wildman–Crippen LogP) is 0.803. The minimum absolute atomic E-state index is 0.400. The van der Waals surface area contributed by atoms with E-state index < -0.39 is 11.9 Å². The Balaban J connectivity index is 2.95. The fourth-order valence-corrected chi connectivity index (χ4v) is 1.58. The predicted molar refractivity (Wildman–Crippen MR) is 66.7 cm³/mol. The van der Waals surface area contributed by atoms with E-state index in [1.54, 1.807) is 7.05 Å². The second-order valence-corrected chi connectivity index (χ2v) is 3.61. The fourth-order valence-electron chi connectivity index (χ4n) is 1.58. The molecule has 0 radical (unpaired) electrons. The van der Waals surface area contributed by atoms with E-state index in [0.717, 1.165) is 16.8 Å². The van der Waals surface area contributed by atoms with E-state index in [1.807, 2.05) is 31.2 Å². The number of rotatable bonds is 5. The molecule has 5 nitrogen and oxygen atoms in total. The summed E-state index contributed by atoms with van der Waals surface area (Å²) in [5.41, 5.74) is 7.82. The van der Waals surface area contributed by atoms with Crippen LogP contribution in [0.25, 0.3) is 0 Å². The Bertz CT molecular complexity index is 412. The first-order valence-corrected chi connectivity index (χ1v) is 5.24. The van der Waals surface area contributed by atoms with Crippen LogP contribution in [0.2, 0.25) is 0 Å². The van der Waals surface area contributed by atoms with Crippen molar-refractivity contribution in [2.24, 2.45) is 10.9 Å². The molecule has 0 heterocycles. The summed E-state index contributed by atoms with van der Waals surface area (Å²) in [6, 6.07) is 6.97. The Labute approximate surface area is 101 Å². The molecule has 0 aliphatic heterocycles. The molecule has 1 rings (SSSR count). The average molecular weight is 235 g/mol.